The highest BCUT2D eigenvalue weighted by Gasteiger charge is 2.39. The van der Waals surface area contributed by atoms with Crippen molar-refractivity contribution in [1.82, 2.24) is 0 Å². The lowest BCUT2D eigenvalue weighted by molar-refractivity contribution is -0.394. The first-order valence-corrected chi connectivity index (χ1v) is 10.7. The maximum Gasteiger partial charge on any atom is 0.170 e. The fourth-order valence-corrected chi connectivity index (χ4v) is 3.94. The van der Waals surface area contributed by atoms with Gasteiger partial charge in [-0.2, -0.15) is 0 Å². The molecular weight excluding hydrogens is 372 g/mol. The molecule has 1 fully saturated rings. The monoisotopic (exact) mass is 402 g/mol. The molecule has 1 aliphatic rings. The second-order valence-electron chi connectivity index (χ2n) is 8.11. The summed E-state index contributed by atoms with van der Waals surface area (Å²) >= 11 is 0. The highest BCUT2D eigenvalue weighted by molar-refractivity contribution is 5.22. The van der Waals surface area contributed by atoms with Crippen LogP contribution in [0.2, 0.25) is 0 Å². The molecule has 4 rings (SSSR count). The molecule has 0 aromatic heterocycles. The fourth-order valence-electron chi connectivity index (χ4n) is 3.94. The van der Waals surface area contributed by atoms with Crippen LogP contribution in [0.4, 0.5) is 0 Å². The summed E-state index contributed by atoms with van der Waals surface area (Å²) in [6.45, 7) is 6.46. The Labute approximate surface area is 179 Å². The topological polar surface area (TPSA) is 27.7 Å². The average Bonchev–Trinajstić information content (AvgIpc) is 2.84. The third kappa shape index (κ3) is 4.65. The molecule has 0 aliphatic carbocycles. The Morgan fingerprint density at radius 1 is 0.433 bits per heavy atom. The van der Waals surface area contributed by atoms with Crippen molar-refractivity contribution in [3.8, 4) is 0 Å². The highest BCUT2D eigenvalue weighted by Crippen LogP contribution is 2.37. The molecule has 3 heteroatoms. The standard InChI is InChI=1S/C27H30O3/c1-19(22-13-7-4-8-14-22)25-28-26(20(2)23-15-9-5-10-16-23)30-27(29-25)21(3)24-17-11-6-12-18-24/h4-21,25-27H,1-3H3. The van der Waals surface area contributed by atoms with E-state index in [2.05, 4.69) is 93.6 Å². The third-order valence-corrected chi connectivity index (χ3v) is 6.01. The molecule has 3 atom stereocenters. The minimum absolute atomic E-state index is 0.0889. The first-order valence-electron chi connectivity index (χ1n) is 10.7. The summed E-state index contributed by atoms with van der Waals surface area (Å²) in [7, 11) is 0. The van der Waals surface area contributed by atoms with Crippen molar-refractivity contribution in [2.45, 2.75) is 57.4 Å². The fraction of sp³-hybridized carbons (Fsp3) is 0.333. The van der Waals surface area contributed by atoms with Gasteiger partial charge in [0.25, 0.3) is 0 Å². The van der Waals surface area contributed by atoms with Crippen LogP contribution in [0.5, 0.6) is 0 Å². The van der Waals surface area contributed by atoms with Gasteiger partial charge in [-0.3, -0.25) is 0 Å². The minimum Gasteiger partial charge on any atom is -0.322 e. The van der Waals surface area contributed by atoms with Crippen molar-refractivity contribution < 1.29 is 14.2 Å². The van der Waals surface area contributed by atoms with E-state index in [1.165, 1.54) is 16.7 Å². The summed E-state index contributed by atoms with van der Waals surface area (Å²) < 4.78 is 19.2. The molecule has 0 amide bonds. The van der Waals surface area contributed by atoms with Crippen molar-refractivity contribution >= 4 is 0 Å². The molecule has 3 aromatic carbocycles. The first kappa shape index (κ1) is 20.8. The van der Waals surface area contributed by atoms with Crippen LogP contribution in [0.1, 0.15) is 55.2 Å². The van der Waals surface area contributed by atoms with E-state index in [0.29, 0.717) is 0 Å². The van der Waals surface area contributed by atoms with Gasteiger partial charge >= 0.3 is 0 Å². The van der Waals surface area contributed by atoms with Gasteiger partial charge in [0, 0.05) is 17.8 Å². The molecule has 0 spiro atoms. The molecule has 0 saturated carbocycles. The zero-order valence-corrected chi connectivity index (χ0v) is 17.8. The van der Waals surface area contributed by atoms with Crippen LogP contribution < -0.4 is 0 Å². The summed E-state index contributed by atoms with van der Waals surface area (Å²) in [6, 6.07) is 31.2. The molecule has 1 heterocycles. The van der Waals surface area contributed by atoms with E-state index >= 15 is 0 Å². The Morgan fingerprint density at radius 2 is 0.667 bits per heavy atom. The quantitative estimate of drug-likeness (QED) is 0.475. The molecule has 3 nitrogen and oxygen atoms in total. The Hall–Kier alpha value is -2.46. The summed E-state index contributed by atoms with van der Waals surface area (Å²) in [5, 5.41) is 0. The van der Waals surface area contributed by atoms with Gasteiger partial charge in [0.15, 0.2) is 18.9 Å². The largest absolute Gasteiger partial charge is 0.322 e. The summed E-state index contributed by atoms with van der Waals surface area (Å²) in [4.78, 5) is 0. The van der Waals surface area contributed by atoms with Crippen LogP contribution in [-0.4, -0.2) is 18.9 Å². The van der Waals surface area contributed by atoms with Gasteiger partial charge in [-0.15, -0.1) is 0 Å². The summed E-state index contributed by atoms with van der Waals surface area (Å²) in [6.07, 6.45) is -1.14. The summed E-state index contributed by atoms with van der Waals surface area (Å²) in [5.41, 5.74) is 3.59. The third-order valence-electron chi connectivity index (χ3n) is 6.01. The maximum atomic E-state index is 6.39. The SMILES string of the molecule is CC(c1ccccc1)C1OC(C(C)c2ccccc2)OC(C(C)c2ccccc2)O1. The van der Waals surface area contributed by atoms with Crippen LogP contribution in [0.25, 0.3) is 0 Å². The number of rotatable bonds is 6. The van der Waals surface area contributed by atoms with Gasteiger partial charge in [0.1, 0.15) is 0 Å². The number of hydrogen-bond donors (Lipinski definition) is 0. The summed E-state index contributed by atoms with van der Waals surface area (Å²) in [5.74, 6) is 0.267. The van der Waals surface area contributed by atoms with Crippen LogP contribution in [0.15, 0.2) is 91.0 Å². The molecule has 156 valence electrons. The molecular formula is C27H30O3. The van der Waals surface area contributed by atoms with E-state index in [1.54, 1.807) is 0 Å². The van der Waals surface area contributed by atoms with Gasteiger partial charge in [0.2, 0.25) is 0 Å². The van der Waals surface area contributed by atoms with Gasteiger partial charge in [0.05, 0.1) is 0 Å². The first-order chi connectivity index (χ1) is 14.6. The van der Waals surface area contributed by atoms with E-state index in [1.807, 2.05) is 18.2 Å². The van der Waals surface area contributed by atoms with Crippen LogP contribution in [-0.2, 0) is 14.2 Å². The van der Waals surface area contributed by atoms with Gasteiger partial charge in [-0.1, -0.05) is 112 Å². The molecule has 3 aromatic rings. The zero-order chi connectivity index (χ0) is 20.9. The lowest BCUT2D eigenvalue weighted by Crippen LogP contribution is -2.46. The molecule has 1 aliphatic heterocycles. The smallest absolute Gasteiger partial charge is 0.170 e. The van der Waals surface area contributed by atoms with E-state index in [4.69, 9.17) is 14.2 Å². The second kappa shape index (κ2) is 9.57. The van der Waals surface area contributed by atoms with E-state index < -0.39 is 0 Å². The molecule has 0 N–H and O–H groups in total. The van der Waals surface area contributed by atoms with Crippen molar-refractivity contribution in [3.63, 3.8) is 0 Å². The maximum absolute atomic E-state index is 6.39. The molecule has 0 bridgehead atoms. The molecule has 1 saturated heterocycles. The Bertz CT molecular complexity index is 769. The second-order valence-corrected chi connectivity index (χ2v) is 8.11. The van der Waals surface area contributed by atoms with E-state index in [-0.39, 0.29) is 36.6 Å². The van der Waals surface area contributed by atoms with Gasteiger partial charge in [-0.05, 0) is 16.7 Å². The average molecular weight is 403 g/mol. The molecule has 0 radical (unpaired) electrons. The molecule has 3 unspecified atom stereocenters. The normalized spacial score (nSPS) is 24.7. The van der Waals surface area contributed by atoms with Crippen LogP contribution in [0, 0.1) is 0 Å². The highest BCUT2D eigenvalue weighted by atomic mass is 16.9. The van der Waals surface area contributed by atoms with E-state index in [9.17, 15) is 0 Å². The predicted octanol–water partition coefficient (Wildman–Crippen LogP) is 6.44. The van der Waals surface area contributed by atoms with Crippen molar-refractivity contribution in [2.24, 2.45) is 0 Å². The minimum atomic E-state index is -0.381. The van der Waals surface area contributed by atoms with Crippen molar-refractivity contribution in [3.05, 3.63) is 108 Å². The van der Waals surface area contributed by atoms with Gasteiger partial charge < -0.3 is 14.2 Å². The lowest BCUT2D eigenvalue weighted by atomic mass is 9.97. The van der Waals surface area contributed by atoms with Crippen molar-refractivity contribution in [1.29, 1.82) is 0 Å². The Balaban J connectivity index is 1.60. The predicted molar refractivity (Wildman–Crippen MR) is 119 cm³/mol. The Kier molecular flexibility index (Phi) is 6.63. The molecule has 30 heavy (non-hydrogen) atoms. The van der Waals surface area contributed by atoms with E-state index in [0.717, 1.165) is 0 Å². The number of hydrogen-bond acceptors (Lipinski definition) is 3. The van der Waals surface area contributed by atoms with Gasteiger partial charge in [-0.25, -0.2) is 0 Å². The zero-order valence-electron chi connectivity index (χ0n) is 17.8. The number of benzene rings is 3. The Morgan fingerprint density at radius 3 is 0.900 bits per heavy atom. The van der Waals surface area contributed by atoms with Crippen molar-refractivity contribution in [2.75, 3.05) is 0 Å². The van der Waals surface area contributed by atoms with Crippen LogP contribution in [0.3, 0.4) is 0 Å². The number of ether oxygens (including phenoxy) is 3. The van der Waals surface area contributed by atoms with Crippen LogP contribution >= 0.6 is 0 Å². The lowest BCUT2D eigenvalue weighted by Gasteiger charge is -2.42.